The maximum atomic E-state index is 13.1. The molecule has 2 aromatic rings. The molecule has 9 heteroatoms. The van der Waals surface area contributed by atoms with Gasteiger partial charge in [-0.15, -0.1) is 0 Å². The SMILES string of the molecule is CC(=O)C1=C(O)[C@@](O)(CO)[C@@H](C[C@H]2CC(=O)c3c(O)ccc(C(=O)Cc4ccccn4)c3C2)CC1=O. The fourth-order valence-corrected chi connectivity index (χ4v) is 5.36. The second-order valence-corrected chi connectivity index (χ2v) is 9.53. The molecule has 1 aromatic heterocycles. The quantitative estimate of drug-likeness (QED) is 0.334. The van der Waals surface area contributed by atoms with Crippen molar-refractivity contribution in [2.24, 2.45) is 11.8 Å². The molecule has 0 saturated carbocycles. The summed E-state index contributed by atoms with van der Waals surface area (Å²) in [6, 6.07) is 7.99. The van der Waals surface area contributed by atoms with E-state index in [1.807, 2.05) is 0 Å². The van der Waals surface area contributed by atoms with Crippen molar-refractivity contribution in [3.05, 3.63) is 70.2 Å². The van der Waals surface area contributed by atoms with Gasteiger partial charge in [-0.2, -0.15) is 0 Å². The Bertz CT molecular complexity index is 1280. The van der Waals surface area contributed by atoms with Gasteiger partial charge in [-0.05, 0) is 55.5 Å². The first-order valence-electron chi connectivity index (χ1n) is 11.7. The van der Waals surface area contributed by atoms with Gasteiger partial charge >= 0.3 is 0 Å². The Hall–Kier alpha value is -3.69. The summed E-state index contributed by atoms with van der Waals surface area (Å²) in [4.78, 5) is 54.7. The average molecular weight is 494 g/mol. The number of carbonyl (C=O) groups excluding carboxylic acids is 4. The monoisotopic (exact) mass is 493 g/mol. The van der Waals surface area contributed by atoms with Gasteiger partial charge in [0.05, 0.1) is 18.6 Å². The maximum Gasteiger partial charge on any atom is 0.170 e. The maximum absolute atomic E-state index is 13.1. The number of benzene rings is 1. The molecule has 0 saturated heterocycles. The van der Waals surface area contributed by atoms with Gasteiger partial charge in [0.2, 0.25) is 0 Å². The van der Waals surface area contributed by atoms with E-state index in [1.54, 1.807) is 24.4 Å². The second kappa shape index (κ2) is 9.75. The Kier molecular flexibility index (Phi) is 6.88. The molecule has 4 rings (SSSR count). The van der Waals surface area contributed by atoms with Crippen LogP contribution < -0.4 is 0 Å². The molecule has 9 nitrogen and oxygen atoms in total. The third-order valence-electron chi connectivity index (χ3n) is 7.15. The van der Waals surface area contributed by atoms with Crippen LogP contribution in [0.2, 0.25) is 0 Å². The number of aromatic nitrogens is 1. The molecule has 0 amide bonds. The molecule has 0 radical (unpaired) electrons. The summed E-state index contributed by atoms with van der Waals surface area (Å²) in [6.45, 7) is 0.174. The van der Waals surface area contributed by atoms with E-state index in [0.29, 0.717) is 11.3 Å². The van der Waals surface area contributed by atoms with Crippen molar-refractivity contribution in [1.29, 1.82) is 0 Å². The Morgan fingerprint density at radius 3 is 2.44 bits per heavy atom. The van der Waals surface area contributed by atoms with Crippen molar-refractivity contribution in [3.63, 3.8) is 0 Å². The number of phenolic OH excluding ortho intramolecular Hbond substituents is 1. The predicted molar refractivity (Wildman–Crippen MR) is 127 cm³/mol. The first-order chi connectivity index (χ1) is 17.1. The van der Waals surface area contributed by atoms with Gasteiger partial charge in [0.25, 0.3) is 0 Å². The van der Waals surface area contributed by atoms with Crippen LogP contribution in [0, 0.1) is 11.8 Å². The van der Waals surface area contributed by atoms with Crippen LogP contribution in [0.5, 0.6) is 5.75 Å². The van der Waals surface area contributed by atoms with E-state index in [-0.39, 0.29) is 60.5 Å². The molecule has 2 aliphatic rings. The van der Waals surface area contributed by atoms with E-state index < -0.39 is 46.9 Å². The minimum Gasteiger partial charge on any atom is -0.508 e. The third-order valence-corrected chi connectivity index (χ3v) is 7.15. The van der Waals surface area contributed by atoms with Crippen molar-refractivity contribution in [2.45, 2.75) is 44.6 Å². The van der Waals surface area contributed by atoms with Crippen LogP contribution in [0.3, 0.4) is 0 Å². The molecule has 1 aromatic carbocycles. The van der Waals surface area contributed by atoms with Crippen molar-refractivity contribution in [1.82, 2.24) is 4.98 Å². The number of fused-ring (bicyclic) bond motifs is 1. The van der Waals surface area contributed by atoms with Gasteiger partial charge in [0, 0.05) is 36.2 Å². The number of aliphatic hydroxyl groups excluding tert-OH is 2. The Labute approximate surface area is 207 Å². The van der Waals surface area contributed by atoms with Crippen LogP contribution in [-0.4, -0.2) is 60.8 Å². The van der Waals surface area contributed by atoms with Crippen molar-refractivity contribution < 1.29 is 39.6 Å². The summed E-state index contributed by atoms with van der Waals surface area (Å²) < 4.78 is 0. The number of carbonyl (C=O) groups is 4. The number of allylic oxidation sites excluding steroid dienone is 1. The van der Waals surface area contributed by atoms with Crippen molar-refractivity contribution >= 4 is 23.1 Å². The molecule has 0 bridgehead atoms. The molecule has 2 aliphatic carbocycles. The van der Waals surface area contributed by atoms with Crippen LogP contribution in [0.1, 0.15) is 58.2 Å². The van der Waals surface area contributed by atoms with E-state index >= 15 is 0 Å². The standard InChI is InChI=1S/C27H27NO8/c1-14(30)24-23(34)11-16(27(36,13-29)26(24)35)8-15-9-19-18(5-6-20(31)25(19)22(33)10-15)21(32)12-17-4-2-3-7-28-17/h2-7,15-16,29,31,35-36H,8-13H2,1H3/t15-,16+,27-/m1/s1. The predicted octanol–water partition coefficient (Wildman–Crippen LogP) is 2.06. The minimum atomic E-state index is -2.21. The zero-order valence-electron chi connectivity index (χ0n) is 19.7. The number of ketones is 4. The molecule has 0 unspecified atom stereocenters. The fourth-order valence-electron chi connectivity index (χ4n) is 5.36. The van der Waals surface area contributed by atoms with E-state index in [1.165, 1.54) is 12.1 Å². The second-order valence-electron chi connectivity index (χ2n) is 9.53. The number of pyridine rings is 1. The summed E-state index contributed by atoms with van der Waals surface area (Å²) in [5.41, 5.74) is -1.44. The highest BCUT2D eigenvalue weighted by molar-refractivity contribution is 6.20. The topological polar surface area (TPSA) is 162 Å². The Morgan fingerprint density at radius 1 is 1.06 bits per heavy atom. The molecule has 0 fully saturated rings. The van der Waals surface area contributed by atoms with Gasteiger partial charge in [0.1, 0.15) is 22.7 Å². The lowest BCUT2D eigenvalue weighted by atomic mass is 9.68. The summed E-state index contributed by atoms with van der Waals surface area (Å²) in [7, 11) is 0. The third kappa shape index (κ3) is 4.47. The van der Waals surface area contributed by atoms with E-state index in [0.717, 1.165) is 6.92 Å². The number of aliphatic hydroxyl groups is 3. The van der Waals surface area contributed by atoms with Crippen molar-refractivity contribution in [3.8, 4) is 5.75 Å². The Morgan fingerprint density at radius 2 is 1.81 bits per heavy atom. The van der Waals surface area contributed by atoms with E-state index in [9.17, 15) is 39.6 Å². The number of hydrogen-bond donors (Lipinski definition) is 4. The lowest BCUT2D eigenvalue weighted by Gasteiger charge is -2.40. The molecule has 188 valence electrons. The summed E-state index contributed by atoms with van der Waals surface area (Å²) in [5, 5.41) is 41.8. The zero-order chi connectivity index (χ0) is 26.2. The van der Waals surface area contributed by atoms with E-state index in [4.69, 9.17) is 0 Å². The molecule has 4 N–H and O–H groups in total. The molecule has 0 spiro atoms. The smallest absolute Gasteiger partial charge is 0.170 e. The van der Waals surface area contributed by atoms with E-state index in [2.05, 4.69) is 4.98 Å². The first-order valence-corrected chi connectivity index (χ1v) is 11.7. The normalized spacial score (nSPS) is 24.0. The average Bonchev–Trinajstić information content (AvgIpc) is 2.82. The molecule has 36 heavy (non-hydrogen) atoms. The lowest BCUT2D eigenvalue weighted by molar-refractivity contribution is -0.130. The van der Waals surface area contributed by atoms with Gasteiger partial charge in [0.15, 0.2) is 23.1 Å². The lowest BCUT2D eigenvalue weighted by Crippen LogP contribution is -2.50. The molecule has 1 heterocycles. The highest BCUT2D eigenvalue weighted by Gasteiger charge is 2.49. The van der Waals surface area contributed by atoms with Gasteiger partial charge in [-0.3, -0.25) is 24.2 Å². The molecular weight excluding hydrogens is 466 g/mol. The van der Waals surface area contributed by atoms with Crippen LogP contribution in [0.15, 0.2) is 47.9 Å². The largest absolute Gasteiger partial charge is 0.508 e. The van der Waals surface area contributed by atoms with Gasteiger partial charge in [-0.1, -0.05) is 6.07 Å². The van der Waals surface area contributed by atoms with Crippen LogP contribution in [-0.2, 0) is 22.4 Å². The summed E-state index contributed by atoms with van der Waals surface area (Å²) >= 11 is 0. The van der Waals surface area contributed by atoms with Crippen LogP contribution in [0.4, 0.5) is 0 Å². The Balaban J connectivity index is 1.65. The fraction of sp³-hybridized carbons (Fsp3) is 0.370. The molecule has 3 atom stereocenters. The number of hydrogen-bond acceptors (Lipinski definition) is 9. The highest BCUT2D eigenvalue weighted by atomic mass is 16.4. The number of aromatic hydroxyl groups is 1. The molecule has 0 aliphatic heterocycles. The van der Waals surface area contributed by atoms with Gasteiger partial charge in [-0.25, -0.2) is 0 Å². The minimum absolute atomic E-state index is 0.00475. The van der Waals surface area contributed by atoms with Crippen LogP contribution in [0.25, 0.3) is 0 Å². The number of Topliss-reactive ketones (excluding diaryl/α,β-unsaturated/α-hetero) is 4. The van der Waals surface area contributed by atoms with Gasteiger partial charge < -0.3 is 20.4 Å². The number of nitrogens with zero attached hydrogens (tertiary/aromatic N) is 1. The highest BCUT2D eigenvalue weighted by Crippen LogP contribution is 2.43. The van der Waals surface area contributed by atoms with Crippen LogP contribution >= 0.6 is 0 Å². The summed E-state index contributed by atoms with van der Waals surface area (Å²) in [6.07, 6.45) is 1.53. The first kappa shape index (κ1) is 25.4. The van der Waals surface area contributed by atoms with Crippen molar-refractivity contribution in [2.75, 3.05) is 6.61 Å². The molecular formula is C27H27NO8. The number of rotatable bonds is 7. The number of phenols is 1. The zero-order valence-corrected chi connectivity index (χ0v) is 19.7. The summed E-state index contributed by atoms with van der Waals surface area (Å²) in [5.74, 6) is -4.50.